The van der Waals surface area contributed by atoms with Gasteiger partial charge in [-0.25, -0.2) is 9.78 Å². The third-order valence-electron chi connectivity index (χ3n) is 4.73. The Kier molecular flexibility index (Phi) is 5.74. The molecular formula is C21H19F3N4OS. The molecule has 0 saturated heterocycles. The fraction of sp³-hybridized carbons (Fsp3) is 0.238. The number of thiazole rings is 1. The van der Waals surface area contributed by atoms with Crippen molar-refractivity contribution >= 4 is 28.2 Å². The van der Waals surface area contributed by atoms with Crippen LogP contribution in [0.2, 0.25) is 0 Å². The minimum Gasteiger partial charge on any atom is -0.308 e. The summed E-state index contributed by atoms with van der Waals surface area (Å²) in [6.07, 6.45) is -3.68. The molecule has 4 rings (SSSR count). The number of urea groups is 1. The number of hydrogen-bond acceptors (Lipinski definition) is 4. The van der Waals surface area contributed by atoms with E-state index in [-0.39, 0.29) is 5.69 Å². The van der Waals surface area contributed by atoms with Crippen LogP contribution in [0.5, 0.6) is 0 Å². The van der Waals surface area contributed by atoms with Crippen molar-refractivity contribution in [1.82, 2.24) is 9.88 Å². The summed E-state index contributed by atoms with van der Waals surface area (Å²) >= 11 is 1.39. The lowest BCUT2D eigenvalue weighted by Gasteiger charge is -2.25. The van der Waals surface area contributed by atoms with Crippen LogP contribution >= 0.6 is 11.3 Å². The predicted molar refractivity (Wildman–Crippen MR) is 110 cm³/mol. The molecule has 156 valence electrons. The summed E-state index contributed by atoms with van der Waals surface area (Å²) in [5.74, 6) is 0. The molecule has 0 saturated carbocycles. The third kappa shape index (κ3) is 4.98. The minimum atomic E-state index is -4.46. The Morgan fingerprint density at radius 1 is 1.10 bits per heavy atom. The first-order chi connectivity index (χ1) is 14.4. The van der Waals surface area contributed by atoms with Gasteiger partial charge in [0.25, 0.3) is 0 Å². The van der Waals surface area contributed by atoms with E-state index in [2.05, 4.69) is 32.7 Å². The van der Waals surface area contributed by atoms with E-state index in [0.717, 1.165) is 48.8 Å². The lowest BCUT2D eigenvalue weighted by atomic mass is 10.1. The van der Waals surface area contributed by atoms with E-state index in [9.17, 15) is 18.0 Å². The molecule has 1 aliphatic rings. The molecule has 0 atom stereocenters. The fourth-order valence-electron chi connectivity index (χ4n) is 3.31. The van der Waals surface area contributed by atoms with E-state index < -0.39 is 17.8 Å². The molecule has 1 aromatic heterocycles. The first-order valence-electron chi connectivity index (χ1n) is 9.37. The first-order valence-corrected chi connectivity index (χ1v) is 10.2. The van der Waals surface area contributed by atoms with Gasteiger partial charge in [0.15, 0.2) is 5.13 Å². The summed E-state index contributed by atoms with van der Waals surface area (Å²) in [6, 6.07) is 14.1. The van der Waals surface area contributed by atoms with Gasteiger partial charge in [-0.3, -0.25) is 10.2 Å². The number of alkyl halides is 3. The average molecular weight is 432 g/mol. The second-order valence-corrected chi connectivity index (χ2v) is 8.08. The van der Waals surface area contributed by atoms with E-state index in [1.807, 2.05) is 18.2 Å². The molecule has 0 fully saturated rings. The van der Waals surface area contributed by atoms with E-state index >= 15 is 0 Å². The molecule has 0 bridgehead atoms. The Morgan fingerprint density at radius 2 is 1.90 bits per heavy atom. The SMILES string of the molecule is O=C(Nc1cccc(C(F)(F)F)c1)Nc1nc2c(s1)CN(Cc1ccccc1)CC2. The number of anilines is 2. The van der Waals surface area contributed by atoms with Crippen LogP contribution in [0, 0.1) is 0 Å². The molecule has 0 unspecified atom stereocenters. The molecule has 2 heterocycles. The number of fused-ring (bicyclic) bond motifs is 1. The maximum Gasteiger partial charge on any atom is 0.416 e. The maximum atomic E-state index is 12.8. The Labute approximate surface area is 175 Å². The molecule has 30 heavy (non-hydrogen) atoms. The summed E-state index contributed by atoms with van der Waals surface area (Å²) < 4.78 is 38.4. The monoisotopic (exact) mass is 432 g/mol. The zero-order valence-electron chi connectivity index (χ0n) is 15.9. The summed E-state index contributed by atoms with van der Waals surface area (Å²) in [5.41, 5.74) is 1.45. The number of benzene rings is 2. The van der Waals surface area contributed by atoms with Crippen molar-refractivity contribution in [3.05, 3.63) is 76.3 Å². The summed E-state index contributed by atoms with van der Waals surface area (Å²) in [5, 5.41) is 5.50. The van der Waals surface area contributed by atoms with Crippen molar-refractivity contribution in [2.75, 3.05) is 17.2 Å². The van der Waals surface area contributed by atoms with E-state index in [1.54, 1.807) is 0 Å². The van der Waals surface area contributed by atoms with Crippen molar-refractivity contribution in [1.29, 1.82) is 0 Å². The van der Waals surface area contributed by atoms with Crippen molar-refractivity contribution in [3.63, 3.8) is 0 Å². The highest BCUT2D eigenvalue weighted by Gasteiger charge is 2.30. The standard InChI is InChI=1S/C21H19F3N4OS/c22-21(23,24)15-7-4-8-16(11-15)25-19(29)27-20-26-17-9-10-28(13-18(17)30-20)12-14-5-2-1-3-6-14/h1-8,11H,9-10,12-13H2,(H2,25,26,27,29). The van der Waals surface area contributed by atoms with Crippen molar-refractivity contribution < 1.29 is 18.0 Å². The highest BCUT2D eigenvalue weighted by atomic mass is 32.1. The topological polar surface area (TPSA) is 57.3 Å². The van der Waals surface area contributed by atoms with Gasteiger partial charge >= 0.3 is 12.2 Å². The zero-order valence-corrected chi connectivity index (χ0v) is 16.7. The second-order valence-electron chi connectivity index (χ2n) is 6.99. The molecule has 0 spiro atoms. The Bertz CT molecular complexity index is 1040. The molecule has 0 radical (unpaired) electrons. The van der Waals surface area contributed by atoms with Crippen LogP contribution in [-0.2, 0) is 25.7 Å². The molecule has 0 aliphatic carbocycles. The molecule has 2 N–H and O–H groups in total. The summed E-state index contributed by atoms with van der Waals surface area (Å²) in [6.45, 7) is 2.47. The van der Waals surface area contributed by atoms with Crippen LogP contribution in [0.4, 0.5) is 28.8 Å². The summed E-state index contributed by atoms with van der Waals surface area (Å²) in [7, 11) is 0. The van der Waals surface area contributed by atoms with Gasteiger partial charge in [-0.05, 0) is 23.8 Å². The maximum absolute atomic E-state index is 12.8. The molecule has 9 heteroatoms. The predicted octanol–water partition coefficient (Wildman–Crippen LogP) is 5.36. The lowest BCUT2D eigenvalue weighted by Crippen LogP contribution is -2.29. The van der Waals surface area contributed by atoms with Gasteiger partial charge in [0.1, 0.15) is 0 Å². The molecule has 2 aromatic carbocycles. The third-order valence-corrected chi connectivity index (χ3v) is 5.73. The van der Waals surface area contributed by atoms with Gasteiger partial charge < -0.3 is 5.32 Å². The Morgan fingerprint density at radius 3 is 2.67 bits per heavy atom. The van der Waals surface area contributed by atoms with Gasteiger partial charge in [-0.2, -0.15) is 13.2 Å². The van der Waals surface area contributed by atoms with Crippen LogP contribution < -0.4 is 10.6 Å². The number of nitrogens with zero attached hydrogens (tertiary/aromatic N) is 2. The van der Waals surface area contributed by atoms with Crippen molar-refractivity contribution in [2.24, 2.45) is 0 Å². The molecule has 1 aliphatic heterocycles. The molecule has 2 amide bonds. The Balaban J connectivity index is 1.37. The number of aromatic nitrogens is 1. The normalized spacial score (nSPS) is 14.2. The van der Waals surface area contributed by atoms with Gasteiger partial charge in [0.2, 0.25) is 0 Å². The van der Waals surface area contributed by atoms with Gasteiger partial charge in [0, 0.05) is 36.6 Å². The van der Waals surface area contributed by atoms with Crippen molar-refractivity contribution in [2.45, 2.75) is 25.7 Å². The first kappa shape index (κ1) is 20.4. The van der Waals surface area contributed by atoms with Crippen LogP contribution in [0.15, 0.2) is 54.6 Å². The molecule has 3 aromatic rings. The second kappa shape index (κ2) is 8.45. The highest BCUT2D eigenvalue weighted by Crippen LogP contribution is 2.31. The largest absolute Gasteiger partial charge is 0.416 e. The number of nitrogens with one attached hydrogen (secondary N) is 2. The lowest BCUT2D eigenvalue weighted by molar-refractivity contribution is -0.137. The smallest absolute Gasteiger partial charge is 0.308 e. The van der Waals surface area contributed by atoms with Crippen LogP contribution in [0.1, 0.15) is 21.7 Å². The summed E-state index contributed by atoms with van der Waals surface area (Å²) in [4.78, 5) is 20.1. The van der Waals surface area contributed by atoms with Crippen LogP contribution in [0.25, 0.3) is 0 Å². The minimum absolute atomic E-state index is 0.0673. The van der Waals surface area contributed by atoms with Crippen molar-refractivity contribution in [3.8, 4) is 0 Å². The van der Waals surface area contributed by atoms with Gasteiger partial charge in [-0.15, -0.1) is 11.3 Å². The number of carbonyl (C=O) groups is 1. The average Bonchev–Trinajstić information content (AvgIpc) is 3.09. The number of amides is 2. The quantitative estimate of drug-likeness (QED) is 0.583. The zero-order chi connectivity index (χ0) is 21.1. The highest BCUT2D eigenvalue weighted by molar-refractivity contribution is 7.15. The number of halogens is 3. The fourth-order valence-corrected chi connectivity index (χ4v) is 4.36. The Hall–Kier alpha value is -2.91. The van der Waals surface area contributed by atoms with Gasteiger partial charge in [0.05, 0.1) is 11.3 Å². The molecular weight excluding hydrogens is 413 g/mol. The number of carbonyl (C=O) groups excluding carboxylic acids is 1. The van der Waals surface area contributed by atoms with E-state index in [4.69, 9.17) is 0 Å². The number of rotatable bonds is 4. The van der Waals surface area contributed by atoms with Crippen LogP contribution in [0.3, 0.4) is 0 Å². The van der Waals surface area contributed by atoms with E-state index in [0.29, 0.717) is 5.13 Å². The van der Waals surface area contributed by atoms with E-state index in [1.165, 1.54) is 29.0 Å². The molecule has 5 nitrogen and oxygen atoms in total. The van der Waals surface area contributed by atoms with Crippen LogP contribution in [-0.4, -0.2) is 22.5 Å². The van der Waals surface area contributed by atoms with Gasteiger partial charge in [-0.1, -0.05) is 36.4 Å². The number of hydrogen-bond donors (Lipinski definition) is 2.